The molecule has 2 aromatic rings. The van der Waals surface area contributed by atoms with Crippen LogP contribution in [0.1, 0.15) is 6.92 Å². The molecule has 0 aromatic carbocycles. The topological polar surface area (TPSA) is 63.6 Å². The molecule has 14 heavy (non-hydrogen) atoms. The summed E-state index contributed by atoms with van der Waals surface area (Å²) >= 11 is 4.10. The molecule has 0 spiro atoms. The van der Waals surface area contributed by atoms with Crippen LogP contribution in [0.15, 0.2) is 16.1 Å². The molecule has 70 valence electrons. The summed E-state index contributed by atoms with van der Waals surface area (Å²) < 4.78 is 1.49. The molecule has 0 unspecified atom stereocenters. The van der Waals surface area contributed by atoms with Gasteiger partial charge in [-0.05, 0) is 6.92 Å². The second kappa shape index (κ2) is 4.91. The third-order valence-corrected chi connectivity index (χ3v) is 2.21. The van der Waals surface area contributed by atoms with Gasteiger partial charge in [0.05, 0.1) is 6.20 Å². The van der Waals surface area contributed by atoms with Crippen molar-refractivity contribution < 1.29 is 0 Å². The van der Waals surface area contributed by atoms with Crippen molar-refractivity contribution in [1.29, 1.82) is 0 Å². The Balaban J connectivity index is 0.000000980. The van der Waals surface area contributed by atoms with E-state index in [2.05, 4.69) is 27.8 Å². The molecular weight excluding hydrogens is 227 g/mol. The van der Waals surface area contributed by atoms with E-state index in [4.69, 9.17) is 0 Å². The zero-order valence-corrected chi connectivity index (χ0v) is 7.88. The Hall–Kier alpha value is 0.336. The van der Waals surface area contributed by atoms with E-state index >= 15 is 0 Å². The van der Waals surface area contributed by atoms with Crippen molar-refractivity contribution >= 4 is 75.0 Å². The Morgan fingerprint density at radius 1 is 1.64 bits per heavy atom. The normalized spacial score (nSPS) is 10.1. The van der Waals surface area contributed by atoms with Crippen LogP contribution in [0.5, 0.6) is 0 Å². The number of H-pyrrole nitrogens is 1. The number of thiol groups is 1. The molecule has 5 nitrogen and oxygen atoms in total. The molecule has 1 N–H and O–H groups in total. The van der Waals surface area contributed by atoms with Gasteiger partial charge in [-0.2, -0.15) is 5.10 Å². The second-order valence-electron chi connectivity index (χ2n) is 2.59. The van der Waals surface area contributed by atoms with Gasteiger partial charge in [0.2, 0.25) is 0 Å². The molecule has 0 radical (unpaired) electrons. The van der Waals surface area contributed by atoms with Crippen LogP contribution < -0.4 is 5.56 Å². The van der Waals surface area contributed by atoms with Gasteiger partial charge in [-0.15, -0.1) is 12.6 Å². The number of hydrogen-bond donors (Lipinski definition) is 2. The Kier molecular flexibility index (Phi) is 4.35. The molecule has 0 aliphatic rings. The molecule has 2 aromatic heterocycles. The molecule has 0 fully saturated rings. The summed E-state index contributed by atoms with van der Waals surface area (Å²) in [5.74, 6) is 0. The van der Waals surface area contributed by atoms with Crippen LogP contribution in [0.2, 0.25) is 0 Å². The Morgan fingerprint density at radius 2 is 2.36 bits per heavy atom. The number of nitrogens with one attached hydrogen (secondary N) is 1. The average Bonchev–Trinajstić information content (AvgIpc) is 2.53. The van der Waals surface area contributed by atoms with Gasteiger partial charge in [0.25, 0.3) is 5.56 Å². The number of rotatable bonds is 1. The molecule has 0 aliphatic heterocycles. The van der Waals surface area contributed by atoms with E-state index in [1.54, 1.807) is 0 Å². The van der Waals surface area contributed by atoms with Gasteiger partial charge >= 0.3 is 51.4 Å². The zero-order valence-electron chi connectivity index (χ0n) is 6.98. The van der Waals surface area contributed by atoms with Crippen LogP contribution in [0.4, 0.5) is 0 Å². The fraction of sp³-hybridized carbons (Fsp3) is 0.286. The summed E-state index contributed by atoms with van der Waals surface area (Å²) in [5.41, 5.74) is 0.381. The number of fused-ring (bicyclic) bond motifs is 1. The minimum atomic E-state index is -0.105. The molecule has 0 atom stereocenters. The predicted octanol–water partition coefficient (Wildman–Crippen LogP) is -0.220. The first-order valence-corrected chi connectivity index (χ1v) is 4.31. The summed E-state index contributed by atoms with van der Waals surface area (Å²) in [4.78, 5) is 15.7. The first-order chi connectivity index (χ1) is 6.24. The van der Waals surface area contributed by atoms with Gasteiger partial charge in [-0.1, -0.05) is 0 Å². The summed E-state index contributed by atoms with van der Waals surface area (Å²) in [5, 5.41) is 7.28. The first kappa shape index (κ1) is 12.4. The molecule has 2 heterocycles. The summed E-state index contributed by atoms with van der Waals surface area (Å²) in [6, 6.07) is 0. The van der Waals surface area contributed by atoms with Crippen molar-refractivity contribution in [3.05, 3.63) is 16.6 Å². The molecule has 0 amide bonds. The van der Waals surface area contributed by atoms with Gasteiger partial charge < -0.3 is 0 Å². The van der Waals surface area contributed by atoms with Crippen molar-refractivity contribution in [3.63, 3.8) is 0 Å². The molecule has 0 saturated heterocycles. The van der Waals surface area contributed by atoms with Crippen molar-refractivity contribution in [3.8, 4) is 0 Å². The van der Waals surface area contributed by atoms with Crippen LogP contribution in [0.25, 0.3) is 11.0 Å². The van der Waals surface area contributed by atoms with Gasteiger partial charge in [0.15, 0.2) is 10.8 Å². The monoisotopic (exact) mass is 236 g/mol. The van der Waals surface area contributed by atoms with Crippen LogP contribution in [0, 0.1) is 0 Å². The van der Waals surface area contributed by atoms with E-state index in [0.717, 1.165) is 0 Å². The van der Waals surface area contributed by atoms with Crippen LogP contribution in [-0.4, -0.2) is 71.1 Å². The van der Waals surface area contributed by atoms with Crippen LogP contribution in [-0.2, 0) is 6.54 Å². The van der Waals surface area contributed by atoms with Crippen molar-refractivity contribution in [2.75, 3.05) is 0 Å². The van der Waals surface area contributed by atoms with Gasteiger partial charge in [-0.25, -0.2) is 4.98 Å². The van der Waals surface area contributed by atoms with Crippen molar-refractivity contribution in [1.82, 2.24) is 19.7 Å². The maximum atomic E-state index is 11.7. The molecule has 2 rings (SSSR count). The number of aromatic amines is 1. The molecule has 0 bridgehead atoms. The van der Waals surface area contributed by atoms with Crippen molar-refractivity contribution in [2.45, 2.75) is 18.6 Å². The Morgan fingerprint density at radius 3 is 3.00 bits per heavy atom. The molecule has 0 aliphatic carbocycles. The molecular formula is C7H9KN4OS. The van der Waals surface area contributed by atoms with Gasteiger partial charge in [0.1, 0.15) is 5.39 Å². The van der Waals surface area contributed by atoms with E-state index < -0.39 is 0 Å². The summed E-state index contributed by atoms with van der Waals surface area (Å²) in [7, 11) is 0. The SMILES string of the molecule is CCn1c(S)nc2[nH]ncc2c1=O.[KH]. The fourth-order valence-corrected chi connectivity index (χ4v) is 1.53. The summed E-state index contributed by atoms with van der Waals surface area (Å²) in [6.45, 7) is 2.43. The second-order valence-corrected chi connectivity index (χ2v) is 2.99. The Labute approximate surface area is 128 Å². The van der Waals surface area contributed by atoms with Crippen LogP contribution >= 0.6 is 12.6 Å². The molecule has 7 heteroatoms. The van der Waals surface area contributed by atoms with E-state index in [-0.39, 0.29) is 56.9 Å². The minimum absolute atomic E-state index is 0. The quantitative estimate of drug-likeness (QED) is 0.409. The van der Waals surface area contributed by atoms with Crippen LogP contribution in [0.3, 0.4) is 0 Å². The van der Waals surface area contributed by atoms with E-state index in [1.165, 1.54) is 10.8 Å². The fourth-order valence-electron chi connectivity index (χ4n) is 1.20. The predicted molar refractivity (Wildman–Crippen MR) is 58.2 cm³/mol. The third-order valence-electron chi connectivity index (χ3n) is 1.86. The van der Waals surface area contributed by atoms with E-state index in [0.29, 0.717) is 22.7 Å². The average molecular weight is 236 g/mol. The third kappa shape index (κ3) is 1.97. The number of hydrogen-bond acceptors (Lipinski definition) is 4. The number of nitrogens with zero attached hydrogens (tertiary/aromatic N) is 3. The summed E-state index contributed by atoms with van der Waals surface area (Å²) in [6.07, 6.45) is 1.48. The number of aromatic nitrogens is 4. The van der Waals surface area contributed by atoms with E-state index in [9.17, 15) is 4.79 Å². The van der Waals surface area contributed by atoms with E-state index in [1.807, 2.05) is 6.92 Å². The zero-order chi connectivity index (χ0) is 9.42. The molecule has 0 saturated carbocycles. The first-order valence-electron chi connectivity index (χ1n) is 3.87. The van der Waals surface area contributed by atoms with Crippen molar-refractivity contribution in [2.24, 2.45) is 0 Å². The Bertz CT molecular complexity index is 506. The maximum absolute atomic E-state index is 11.7. The standard InChI is InChI=1S/C7H8N4OS.K.H/c1-2-11-6(12)4-3-8-10-5(4)9-7(11)13;;/h3H,2H2,1H3,(H2,8,9,10,13);;. The van der Waals surface area contributed by atoms with Gasteiger partial charge in [0, 0.05) is 6.54 Å². The van der Waals surface area contributed by atoms with Gasteiger partial charge in [-0.3, -0.25) is 14.5 Å².